The SMILES string of the molecule is COC1CC(OC2OC(CO)C(O)(CCC3CC[NH2+]C(N)C3)C(O)C2O)C2C(=O)C3C(O)CC(CCCCO)CC3C(=O)C2C1. The molecule has 2 heterocycles. The number of unbranched alkanes of at least 4 members (excludes halogenated alkanes) is 1. The van der Waals surface area contributed by atoms with Crippen molar-refractivity contribution in [2.45, 2.75) is 125 Å². The number of fused-ring (bicyclic) bond motifs is 2. The fourth-order valence-corrected chi connectivity index (χ4v) is 9.15. The molecule has 13 heteroatoms. The summed E-state index contributed by atoms with van der Waals surface area (Å²) in [4.78, 5) is 28.1. The maximum atomic E-state index is 14.1. The molecule has 10 N–H and O–H groups in total. The van der Waals surface area contributed by atoms with Gasteiger partial charge in [0.2, 0.25) is 0 Å². The first-order valence-electron chi connectivity index (χ1n) is 17.0. The highest BCUT2D eigenvalue weighted by Gasteiger charge is 2.60. The highest BCUT2D eigenvalue weighted by atomic mass is 16.7. The van der Waals surface area contributed by atoms with Crippen LogP contribution in [0.1, 0.15) is 70.6 Å². The molecule has 3 aliphatic carbocycles. The van der Waals surface area contributed by atoms with Gasteiger partial charge in [-0.15, -0.1) is 0 Å². The second kappa shape index (κ2) is 15.0. The Morgan fingerprint density at radius 2 is 1.71 bits per heavy atom. The third kappa shape index (κ3) is 7.19. The lowest BCUT2D eigenvalue weighted by molar-refractivity contribution is -0.699. The van der Waals surface area contributed by atoms with Gasteiger partial charge >= 0.3 is 0 Å². The summed E-state index contributed by atoms with van der Waals surface area (Å²) in [5.41, 5.74) is 4.13. The molecule has 0 aromatic heterocycles. The molecule has 2 aliphatic heterocycles. The number of quaternary nitrogens is 1. The summed E-state index contributed by atoms with van der Waals surface area (Å²) >= 11 is 0. The van der Waals surface area contributed by atoms with E-state index in [1.807, 2.05) is 0 Å². The van der Waals surface area contributed by atoms with Crippen LogP contribution in [0.3, 0.4) is 0 Å². The minimum Gasteiger partial charge on any atom is -0.396 e. The van der Waals surface area contributed by atoms with Gasteiger partial charge in [-0.2, -0.15) is 0 Å². The standard InChI is InChI=1S/C32H54N2O11/c1-43-18-13-20-26(28(39)25-19(27(20)38)10-17(11-21(25)37)4-2-3-9-35)22(14-18)44-31-29(40)30(41)32(42,23(15-36)45-31)7-5-16-6-8-34-24(33)12-16/h16-26,29-31,34-37,40-42H,2-15,33H2,1H3/p+1. The topological polar surface area (TPSA) is 226 Å². The highest BCUT2D eigenvalue weighted by molar-refractivity contribution is 6.00. The van der Waals surface area contributed by atoms with Crippen molar-refractivity contribution in [2.75, 3.05) is 26.9 Å². The van der Waals surface area contributed by atoms with Gasteiger partial charge in [0.05, 0.1) is 43.3 Å². The number of Topliss-reactive ketones (excluding diaryl/α,β-unsaturated/α-hetero) is 2. The Morgan fingerprint density at radius 1 is 0.956 bits per heavy atom. The predicted octanol–water partition coefficient (Wildman–Crippen LogP) is -2.06. The summed E-state index contributed by atoms with van der Waals surface area (Å²) in [7, 11) is 1.52. The van der Waals surface area contributed by atoms with Crippen molar-refractivity contribution in [1.29, 1.82) is 0 Å². The predicted molar refractivity (Wildman–Crippen MR) is 158 cm³/mol. The Bertz CT molecular complexity index is 1020. The van der Waals surface area contributed by atoms with Crippen LogP contribution in [-0.4, -0.2) is 124 Å². The van der Waals surface area contributed by atoms with Gasteiger partial charge in [0.25, 0.3) is 0 Å². The van der Waals surface area contributed by atoms with Crippen LogP contribution in [0, 0.1) is 35.5 Å². The number of ketones is 2. The van der Waals surface area contributed by atoms with E-state index in [1.54, 1.807) is 0 Å². The number of hydrogen-bond donors (Lipinski definition) is 8. The summed E-state index contributed by atoms with van der Waals surface area (Å²) in [6, 6.07) is 0. The molecular formula is C32H55N2O11+. The average Bonchev–Trinajstić information content (AvgIpc) is 3.02. The number of rotatable bonds is 11. The normalized spacial score (nSPS) is 47.3. The van der Waals surface area contributed by atoms with Crippen molar-refractivity contribution in [3.63, 3.8) is 0 Å². The fourth-order valence-electron chi connectivity index (χ4n) is 9.15. The second-order valence-corrected chi connectivity index (χ2v) is 14.4. The molecule has 258 valence electrons. The summed E-state index contributed by atoms with van der Waals surface area (Å²) in [6.07, 6.45) is -2.52. The number of carbonyl (C=O) groups excluding carboxylic acids is 2. The number of aliphatic hydroxyl groups is 6. The van der Waals surface area contributed by atoms with Gasteiger partial charge in [-0.25, -0.2) is 0 Å². The molecular weight excluding hydrogens is 588 g/mol. The number of methoxy groups -OCH3 is 1. The molecule has 0 radical (unpaired) electrons. The number of hydrogen-bond acceptors (Lipinski definition) is 12. The van der Waals surface area contributed by atoms with Gasteiger partial charge in [-0.1, -0.05) is 12.8 Å². The summed E-state index contributed by atoms with van der Waals surface area (Å²) in [6.45, 7) is 0.316. The zero-order chi connectivity index (χ0) is 32.5. The van der Waals surface area contributed by atoms with Crippen LogP contribution >= 0.6 is 0 Å². The number of ether oxygens (including phenoxy) is 3. The van der Waals surface area contributed by atoms with Crippen LogP contribution in [-0.2, 0) is 23.8 Å². The van der Waals surface area contributed by atoms with Crippen molar-refractivity contribution in [1.82, 2.24) is 0 Å². The number of piperidine rings is 1. The number of nitrogens with two attached hydrogens (primary N) is 2. The molecule has 0 amide bonds. The van der Waals surface area contributed by atoms with Gasteiger partial charge in [0.1, 0.15) is 41.6 Å². The maximum absolute atomic E-state index is 14.1. The molecule has 0 aromatic rings. The van der Waals surface area contributed by atoms with Crippen LogP contribution in [0.4, 0.5) is 0 Å². The van der Waals surface area contributed by atoms with E-state index in [2.05, 4.69) is 5.32 Å². The highest BCUT2D eigenvalue weighted by Crippen LogP contribution is 2.50. The van der Waals surface area contributed by atoms with E-state index >= 15 is 0 Å². The van der Waals surface area contributed by atoms with Crippen LogP contribution < -0.4 is 11.1 Å². The summed E-state index contributed by atoms with van der Waals surface area (Å²) in [5, 5.41) is 66.5. The fraction of sp³-hybridized carbons (Fsp3) is 0.938. The first kappa shape index (κ1) is 35.2. The van der Waals surface area contributed by atoms with Gasteiger partial charge in [0, 0.05) is 38.4 Å². The van der Waals surface area contributed by atoms with Crippen LogP contribution in [0.25, 0.3) is 0 Å². The Kier molecular flexibility index (Phi) is 11.7. The van der Waals surface area contributed by atoms with Crippen molar-refractivity contribution < 1.29 is 59.8 Å². The van der Waals surface area contributed by atoms with Gasteiger partial charge in [-0.3, -0.25) is 15.3 Å². The molecule has 0 spiro atoms. The average molecular weight is 644 g/mol. The van der Waals surface area contributed by atoms with Crippen molar-refractivity contribution in [3.05, 3.63) is 0 Å². The quantitative estimate of drug-likeness (QED) is 0.114. The first-order chi connectivity index (χ1) is 21.5. The summed E-state index contributed by atoms with van der Waals surface area (Å²) in [5.74, 6) is -3.04. The van der Waals surface area contributed by atoms with E-state index in [1.165, 1.54) is 7.11 Å². The van der Waals surface area contributed by atoms with E-state index < -0.39 is 78.8 Å². The molecule has 0 aromatic carbocycles. The molecule has 15 atom stereocenters. The van der Waals surface area contributed by atoms with E-state index in [-0.39, 0.29) is 49.0 Å². The van der Waals surface area contributed by atoms with Crippen molar-refractivity contribution >= 4 is 11.6 Å². The molecule has 15 unspecified atom stereocenters. The smallest absolute Gasteiger partial charge is 0.187 e. The number of carbonyl (C=O) groups is 2. The Morgan fingerprint density at radius 3 is 2.40 bits per heavy atom. The van der Waals surface area contributed by atoms with Crippen molar-refractivity contribution in [3.8, 4) is 0 Å². The Labute approximate surface area is 264 Å². The third-order valence-electron chi connectivity index (χ3n) is 11.6. The molecule has 0 bridgehead atoms. The van der Waals surface area contributed by atoms with Gasteiger partial charge in [0.15, 0.2) is 6.29 Å². The molecule has 2 saturated heterocycles. The van der Waals surface area contributed by atoms with Crippen molar-refractivity contribution in [2.24, 2.45) is 41.2 Å². The van der Waals surface area contributed by atoms with E-state index in [0.29, 0.717) is 32.1 Å². The lowest BCUT2D eigenvalue weighted by atomic mass is 9.55. The lowest BCUT2D eigenvalue weighted by Gasteiger charge is -2.52. The Balaban J connectivity index is 1.30. The maximum Gasteiger partial charge on any atom is 0.187 e. The Hall–Kier alpha value is -1.10. The zero-order valence-corrected chi connectivity index (χ0v) is 26.4. The van der Waals surface area contributed by atoms with E-state index in [9.17, 15) is 35.1 Å². The summed E-state index contributed by atoms with van der Waals surface area (Å²) < 4.78 is 17.8. The molecule has 3 saturated carbocycles. The first-order valence-corrected chi connectivity index (χ1v) is 17.0. The molecule has 13 nitrogen and oxygen atoms in total. The third-order valence-corrected chi connectivity index (χ3v) is 11.6. The second-order valence-electron chi connectivity index (χ2n) is 14.4. The monoisotopic (exact) mass is 643 g/mol. The zero-order valence-electron chi connectivity index (χ0n) is 26.4. The van der Waals surface area contributed by atoms with Crippen LogP contribution in [0.2, 0.25) is 0 Å². The molecule has 45 heavy (non-hydrogen) atoms. The van der Waals surface area contributed by atoms with Crippen LogP contribution in [0.5, 0.6) is 0 Å². The van der Waals surface area contributed by atoms with Crippen LogP contribution in [0.15, 0.2) is 0 Å². The molecule has 5 aliphatic rings. The minimum atomic E-state index is -1.94. The lowest BCUT2D eigenvalue weighted by Crippen LogP contribution is -2.94. The molecule has 5 fully saturated rings. The van der Waals surface area contributed by atoms with E-state index in [0.717, 1.165) is 32.2 Å². The number of aliphatic hydroxyl groups excluding tert-OH is 5. The molecule has 5 rings (SSSR count). The minimum absolute atomic E-state index is 0.0316. The van der Waals surface area contributed by atoms with E-state index in [4.69, 9.17) is 25.1 Å². The van der Waals surface area contributed by atoms with Gasteiger partial charge in [-0.05, 0) is 56.8 Å². The van der Waals surface area contributed by atoms with Gasteiger partial charge < -0.3 is 50.2 Å². The largest absolute Gasteiger partial charge is 0.396 e.